The highest BCUT2D eigenvalue weighted by atomic mass is 16.5. The SMILES string of the molecule is COCCC(C)(C)CNC(=O)C(C#N)c1ccccc1. The smallest absolute Gasteiger partial charge is 0.241 e. The van der Waals surface area contributed by atoms with E-state index in [9.17, 15) is 10.1 Å². The van der Waals surface area contributed by atoms with E-state index in [1.165, 1.54) is 0 Å². The fraction of sp³-hybridized carbons (Fsp3) is 0.500. The predicted octanol–water partition coefficient (Wildman–Crippen LogP) is 2.47. The number of carbonyl (C=O) groups excluding carboxylic acids is 1. The minimum Gasteiger partial charge on any atom is -0.385 e. The van der Waals surface area contributed by atoms with E-state index in [1.807, 2.05) is 18.2 Å². The molecule has 0 fully saturated rings. The molecule has 0 saturated carbocycles. The van der Waals surface area contributed by atoms with E-state index in [0.29, 0.717) is 13.2 Å². The number of hydrogen-bond acceptors (Lipinski definition) is 3. The second-order valence-corrected chi connectivity index (χ2v) is 5.60. The predicted molar refractivity (Wildman–Crippen MR) is 78.1 cm³/mol. The molecule has 0 spiro atoms. The first-order chi connectivity index (χ1) is 9.50. The third kappa shape index (κ3) is 5.02. The lowest BCUT2D eigenvalue weighted by Gasteiger charge is -2.25. The molecule has 1 amide bonds. The summed E-state index contributed by atoms with van der Waals surface area (Å²) < 4.78 is 5.06. The topological polar surface area (TPSA) is 62.1 Å². The summed E-state index contributed by atoms with van der Waals surface area (Å²) in [4.78, 5) is 12.1. The van der Waals surface area contributed by atoms with Gasteiger partial charge in [0, 0.05) is 20.3 Å². The van der Waals surface area contributed by atoms with E-state index in [2.05, 4.69) is 25.2 Å². The molecule has 0 aliphatic rings. The van der Waals surface area contributed by atoms with E-state index in [1.54, 1.807) is 19.2 Å². The van der Waals surface area contributed by atoms with Crippen molar-refractivity contribution in [2.24, 2.45) is 5.41 Å². The molecule has 1 atom stereocenters. The monoisotopic (exact) mass is 274 g/mol. The van der Waals surface area contributed by atoms with Crippen LogP contribution in [-0.4, -0.2) is 26.2 Å². The summed E-state index contributed by atoms with van der Waals surface area (Å²) >= 11 is 0. The van der Waals surface area contributed by atoms with Gasteiger partial charge in [0.15, 0.2) is 0 Å². The number of benzene rings is 1. The summed E-state index contributed by atoms with van der Waals surface area (Å²) in [5.74, 6) is -1.00. The Morgan fingerprint density at radius 2 is 2.05 bits per heavy atom. The highest BCUT2D eigenvalue weighted by Gasteiger charge is 2.23. The number of rotatable bonds is 7. The second-order valence-electron chi connectivity index (χ2n) is 5.60. The minimum atomic E-state index is -0.755. The Labute approximate surface area is 120 Å². The van der Waals surface area contributed by atoms with Gasteiger partial charge in [-0.15, -0.1) is 0 Å². The Morgan fingerprint density at radius 3 is 2.60 bits per heavy atom. The number of nitrogens with zero attached hydrogens (tertiary/aromatic N) is 1. The van der Waals surface area contributed by atoms with E-state index < -0.39 is 5.92 Å². The van der Waals surface area contributed by atoms with Gasteiger partial charge in [0.1, 0.15) is 5.92 Å². The molecule has 0 saturated heterocycles. The molecule has 1 unspecified atom stereocenters. The second kappa shape index (κ2) is 7.66. The fourth-order valence-corrected chi connectivity index (χ4v) is 1.83. The molecule has 0 bridgehead atoms. The summed E-state index contributed by atoms with van der Waals surface area (Å²) in [6.45, 7) is 5.32. The van der Waals surface area contributed by atoms with E-state index in [-0.39, 0.29) is 11.3 Å². The molecule has 0 heterocycles. The molecule has 0 aliphatic carbocycles. The first-order valence-corrected chi connectivity index (χ1v) is 6.71. The Hall–Kier alpha value is -1.86. The van der Waals surface area contributed by atoms with Gasteiger partial charge < -0.3 is 10.1 Å². The molecule has 108 valence electrons. The molecule has 0 aliphatic heterocycles. The maximum atomic E-state index is 12.1. The number of nitrogens with one attached hydrogen (secondary N) is 1. The molecule has 1 aromatic rings. The molecule has 4 heteroatoms. The van der Waals surface area contributed by atoms with Gasteiger partial charge in [0.2, 0.25) is 5.91 Å². The summed E-state index contributed by atoms with van der Waals surface area (Å²) in [6.07, 6.45) is 0.854. The lowest BCUT2D eigenvalue weighted by molar-refractivity contribution is -0.121. The van der Waals surface area contributed by atoms with Crippen molar-refractivity contribution in [1.29, 1.82) is 5.26 Å². The van der Waals surface area contributed by atoms with Crippen LogP contribution in [0.4, 0.5) is 0 Å². The van der Waals surface area contributed by atoms with Crippen LogP contribution in [0.15, 0.2) is 30.3 Å². The number of methoxy groups -OCH3 is 1. The first-order valence-electron chi connectivity index (χ1n) is 6.71. The molecule has 1 rings (SSSR count). The summed E-state index contributed by atoms with van der Waals surface area (Å²) in [7, 11) is 1.66. The number of carbonyl (C=O) groups is 1. The molecular formula is C16H22N2O2. The zero-order valence-corrected chi connectivity index (χ0v) is 12.3. The maximum Gasteiger partial charge on any atom is 0.241 e. The van der Waals surface area contributed by atoms with Gasteiger partial charge in [-0.05, 0) is 17.4 Å². The lowest BCUT2D eigenvalue weighted by Crippen LogP contribution is -2.37. The van der Waals surface area contributed by atoms with Crippen LogP contribution in [-0.2, 0) is 9.53 Å². The van der Waals surface area contributed by atoms with Crippen molar-refractivity contribution in [3.63, 3.8) is 0 Å². The molecule has 20 heavy (non-hydrogen) atoms. The molecule has 1 N–H and O–H groups in total. The van der Waals surface area contributed by atoms with Crippen molar-refractivity contribution in [2.75, 3.05) is 20.3 Å². The third-order valence-corrected chi connectivity index (χ3v) is 3.25. The normalized spacial score (nSPS) is 12.5. The summed E-state index contributed by atoms with van der Waals surface area (Å²) in [5.41, 5.74) is 0.671. The minimum absolute atomic E-state index is 0.0532. The molecule has 0 radical (unpaired) electrons. The van der Waals surface area contributed by atoms with E-state index >= 15 is 0 Å². The van der Waals surface area contributed by atoms with Gasteiger partial charge in [-0.2, -0.15) is 5.26 Å². The Bertz CT molecular complexity index is 463. The van der Waals surface area contributed by atoms with Crippen LogP contribution in [0.1, 0.15) is 31.7 Å². The van der Waals surface area contributed by atoms with Gasteiger partial charge in [0.25, 0.3) is 0 Å². The molecular weight excluding hydrogens is 252 g/mol. The van der Waals surface area contributed by atoms with E-state index in [0.717, 1.165) is 12.0 Å². The lowest BCUT2D eigenvalue weighted by atomic mass is 9.89. The van der Waals surface area contributed by atoms with Crippen LogP contribution >= 0.6 is 0 Å². The Kier molecular flexibility index (Phi) is 6.20. The molecule has 0 aromatic heterocycles. The number of hydrogen-bond donors (Lipinski definition) is 1. The quantitative estimate of drug-likeness (QED) is 0.830. The van der Waals surface area contributed by atoms with Gasteiger partial charge in [-0.3, -0.25) is 4.79 Å². The van der Waals surface area contributed by atoms with Crippen LogP contribution in [0, 0.1) is 16.7 Å². The maximum absolute atomic E-state index is 12.1. The summed E-state index contributed by atoms with van der Waals surface area (Å²) in [5, 5.41) is 12.1. The van der Waals surface area contributed by atoms with Gasteiger partial charge in [-0.1, -0.05) is 44.2 Å². The Balaban J connectivity index is 2.59. The highest BCUT2D eigenvalue weighted by Crippen LogP contribution is 2.20. The van der Waals surface area contributed by atoms with Crippen molar-refractivity contribution in [3.05, 3.63) is 35.9 Å². The van der Waals surface area contributed by atoms with Crippen molar-refractivity contribution >= 4 is 5.91 Å². The molecule has 1 aromatic carbocycles. The number of amides is 1. The average Bonchev–Trinajstić information content (AvgIpc) is 2.45. The van der Waals surface area contributed by atoms with Gasteiger partial charge >= 0.3 is 0 Å². The summed E-state index contributed by atoms with van der Waals surface area (Å²) in [6, 6.07) is 11.2. The van der Waals surface area contributed by atoms with Crippen molar-refractivity contribution in [3.8, 4) is 6.07 Å². The van der Waals surface area contributed by atoms with Gasteiger partial charge in [-0.25, -0.2) is 0 Å². The number of nitriles is 1. The van der Waals surface area contributed by atoms with Crippen LogP contribution < -0.4 is 5.32 Å². The van der Waals surface area contributed by atoms with Gasteiger partial charge in [0.05, 0.1) is 6.07 Å². The van der Waals surface area contributed by atoms with Crippen LogP contribution in [0.5, 0.6) is 0 Å². The van der Waals surface area contributed by atoms with Crippen molar-refractivity contribution in [1.82, 2.24) is 5.32 Å². The van der Waals surface area contributed by atoms with Crippen molar-refractivity contribution in [2.45, 2.75) is 26.2 Å². The standard InChI is InChI=1S/C16H22N2O2/c1-16(2,9-10-20-3)12-18-15(19)14(11-17)13-7-5-4-6-8-13/h4-8,14H,9-10,12H2,1-3H3,(H,18,19). The Morgan fingerprint density at radius 1 is 1.40 bits per heavy atom. The van der Waals surface area contributed by atoms with Crippen LogP contribution in [0.25, 0.3) is 0 Å². The van der Waals surface area contributed by atoms with Crippen molar-refractivity contribution < 1.29 is 9.53 Å². The van der Waals surface area contributed by atoms with E-state index in [4.69, 9.17) is 4.74 Å². The number of ether oxygens (including phenoxy) is 1. The first kappa shape index (κ1) is 16.2. The average molecular weight is 274 g/mol. The van der Waals surface area contributed by atoms with Crippen LogP contribution in [0.3, 0.4) is 0 Å². The largest absolute Gasteiger partial charge is 0.385 e. The molecule has 4 nitrogen and oxygen atoms in total. The fourth-order valence-electron chi connectivity index (χ4n) is 1.83. The zero-order valence-electron chi connectivity index (χ0n) is 12.3. The highest BCUT2D eigenvalue weighted by molar-refractivity contribution is 5.86. The van der Waals surface area contributed by atoms with Crippen LogP contribution in [0.2, 0.25) is 0 Å². The third-order valence-electron chi connectivity index (χ3n) is 3.25. The zero-order chi connectivity index (χ0) is 15.0.